The molecule has 1 aromatic heterocycles. The highest BCUT2D eigenvalue weighted by Gasteiger charge is 2.14. The van der Waals surface area contributed by atoms with E-state index in [2.05, 4.69) is 5.16 Å². The number of benzene rings is 1. The summed E-state index contributed by atoms with van der Waals surface area (Å²) < 4.78 is 4.92. The van der Waals surface area contributed by atoms with Crippen molar-refractivity contribution in [1.29, 1.82) is 0 Å². The number of hydrogen-bond donors (Lipinski definition) is 1. The van der Waals surface area contributed by atoms with E-state index in [0.29, 0.717) is 12.1 Å². The number of hydrogen-bond acceptors (Lipinski definition) is 4. The lowest BCUT2D eigenvalue weighted by Gasteiger charge is -2.16. The lowest BCUT2D eigenvalue weighted by atomic mass is 10.1. The summed E-state index contributed by atoms with van der Waals surface area (Å²) in [5, 5.41) is 12.9. The molecule has 0 fully saturated rings. The number of aryl methyl sites for hydroxylation is 1. The topological polar surface area (TPSA) is 83.6 Å². The number of amides is 1. The van der Waals surface area contributed by atoms with Gasteiger partial charge in [-0.05, 0) is 24.1 Å². The van der Waals surface area contributed by atoms with E-state index in [4.69, 9.17) is 9.63 Å². The van der Waals surface area contributed by atoms with Crippen molar-refractivity contribution in [1.82, 2.24) is 10.1 Å². The molecule has 2 aromatic rings. The van der Waals surface area contributed by atoms with Crippen LogP contribution in [-0.4, -0.2) is 34.1 Å². The molecule has 2 rings (SSSR count). The number of carboxylic acids is 1. The second-order valence-corrected chi connectivity index (χ2v) is 5.07. The van der Waals surface area contributed by atoms with Crippen molar-refractivity contribution >= 4 is 11.9 Å². The molecule has 0 saturated carbocycles. The van der Waals surface area contributed by atoms with E-state index in [1.807, 2.05) is 6.92 Å². The molecule has 116 valence electrons. The van der Waals surface area contributed by atoms with Gasteiger partial charge in [0, 0.05) is 12.6 Å². The second-order valence-electron chi connectivity index (χ2n) is 5.07. The fraction of sp³-hybridized carbons (Fsp3) is 0.312. The summed E-state index contributed by atoms with van der Waals surface area (Å²) in [5.41, 5.74) is 2.59. The van der Waals surface area contributed by atoms with E-state index in [-0.39, 0.29) is 17.9 Å². The van der Waals surface area contributed by atoms with Gasteiger partial charge >= 0.3 is 5.97 Å². The van der Waals surface area contributed by atoms with Gasteiger partial charge in [-0.2, -0.15) is 0 Å². The first kappa shape index (κ1) is 15.8. The minimum absolute atomic E-state index is 0.0919. The standard InChI is InChI=1S/C16H18N2O4/c1-3-14-13(10-22-17-14)9-18(2)15(19)8-11-5-4-6-12(7-11)16(20)21/h4-7,10H,3,8-9H2,1-2H3,(H,20,21). The lowest BCUT2D eigenvalue weighted by molar-refractivity contribution is -0.129. The molecule has 0 atom stereocenters. The number of nitrogens with zero attached hydrogens (tertiary/aromatic N) is 2. The zero-order valence-corrected chi connectivity index (χ0v) is 12.6. The maximum atomic E-state index is 12.2. The first-order valence-electron chi connectivity index (χ1n) is 6.99. The Morgan fingerprint density at radius 3 is 2.82 bits per heavy atom. The largest absolute Gasteiger partial charge is 0.478 e. The van der Waals surface area contributed by atoms with Gasteiger partial charge in [0.25, 0.3) is 0 Å². The van der Waals surface area contributed by atoms with Crippen molar-refractivity contribution in [3.63, 3.8) is 0 Å². The Kier molecular flexibility index (Phi) is 4.93. The SMILES string of the molecule is CCc1nocc1CN(C)C(=O)Cc1cccc(C(=O)O)c1. The number of aromatic carboxylic acids is 1. The minimum Gasteiger partial charge on any atom is -0.478 e. The molecule has 0 unspecified atom stereocenters. The van der Waals surface area contributed by atoms with Gasteiger partial charge in [0.1, 0.15) is 6.26 Å². The summed E-state index contributed by atoms with van der Waals surface area (Å²) in [5.74, 6) is -1.09. The van der Waals surface area contributed by atoms with Gasteiger partial charge < -0.3 is 14.5 Å². The summed E-state index contributed by atoms with van der Waals surface area (Å²) in [6, 6.07) is 6.41. The number of aromatic nitrogens is 1. The highest BCUT2D eigenvalue weighted by Crippen LogP contribution is 2.12. The first-order valence-corrected chi connectivity index (χ1v) is 6.99. The van der Waals surface area contributed by atoms with Gasteiger partial charge in [0.15, 0.2) is 0 Å². The first-order chi connectivity index (χ1) is 10.5. The summed E-state index contributed by atoms with van der Waals surface area (Å²) in [6.45, 7) is 2.39. The third-order valence-corrected chi connectivity index (χ3v) is 3.43. The zero-order chi connectivity index (χ0) is 16.1. The van der Waals surface area contributed by atoms with E-state index >= 15 is 0 Å². The maximum absolute atomic E-state index is 12.2. The maximum Gasteiger partial charge on any atom is 0.335 e. The summed E-state index contributed by atoms with van der Waals surface area (Å²) in [7, 11) is 1.70. The van der Waals surface area contributed by atoms with Gasteiger partial charge in [-0.3, -0.25) is 4.79 Å². The fourth-order valence-electron chi connectivity index (χ4n) is 2.17. The smallest absolute Gasteiger partial charge is 0.335 e. The molecule has 1 amide bonds. The Morgan fingerprint density at radius 2 is 2.14 bits per heavy atom. The van der Waals surface area contributed by atoms with Crippen LogP contribution in [-0.2, 0) is 24.2 Å². The minimum atomic E-state index is -1.00. The van der Waals surface area contributed by atoms with E-state index in [1.165, 1.54) is 12.1 Å². The third-order valence-electron chi connectivity index (χ3n) is 3.43. The number of carbonyl (C=O) groups excluding carboxylic acids is 1. The third kappa shape index (κ3) is 3.72. The molecule has 1 aromatic carbocycles. The van der Waals surface area contributed by atoms with E-state index in [0.717, 1.165) is 17.7 Å². The predicted molar refractivity (Wildman–Crippen MR) is 79.5 cm³/mol. The number of likely N-dealkylation sites (N-methyl/N-ethyl adjacent to an activating group) is 1. The zero-order valence-electron chi connectivity index (χ0n) is 12.6. The van der Waals surface area contributed by atoms with Crippen LogP contribution < -0.4 is 0 Å². The molecular formula is C16H18N2O4. The van der Waals surface area contributed by atoms with E-state index < -0.39 is 5.97 Å². The number of carbonyl (C=O) groups is 2. The molecule has 0 aliphatic carbocycles. The van der Waals surface area contributed by atoms with E-state index in [1.54, 1.807) is 30.3 Å². The van der Waals surface area contributed by atoms with Crippen LogP contribution in [0.15, 0.2) is 35.1 Å². The Bertz CT molecular complexity index is 678. The van der Waals surface area contributed by atoms with Gasteiger partial charge in [-0.25, -0.2) is 4.79 Å². The van der Waals surface area contributed by atoms with Crippen LogP contribution in [0.5, 0.6) is 0 Å². The van der Waals surface area contributed by atoms with Crippen LogP contribution in [0.4, 0.5) is 0 Å². The Labute approximate surface area is 128 Å². The normalized spacial score (nSPS) is 10.5. The number of carboxylic acid groups (broad SMARTS) is 1. The van der Waals surface area contributed by atoms with Crippen molar-refractivity contribution in [2.45, 2.75) is 26.3 Å². The Hall–Kier alpha value is -2.63. The van der Waals surface area contributed by atoms with Gasteiger partial charge in [-0.15, -0.1) is 0 Å². The fourth-order valence-corrected chi connectivity index (χ4v) is 2.17. The molecule has 22 heavy (non-hydrogen) atoms. The molecule has 0 radical (unpaired) electrons. The van der Waals surface area contributed by atoms with Crippen molar-refractivity contribution in [3.8, 4) is 0 Å². The summed E-state index contributed by atoms with van der Waals surface area (Å²) in [6.07, 6.45) is 2.45. The van der Waals surface area contributed by atoms with Crippen LogP contribution in [0.2, 0.25) is 0 Å². The molecule has 0 bridgehead atoms. The molecule has 0 saturated heterocycles. The Balaban J connectivity index is 2.02. The van der Waals surface area contributed by atoms with Crippen LogP contribution >= 0.6 is 0 Å². The molecular weight excluding hydrogens is 284 g/mol. The van der Waals surface area contributed by atoms with E-state index in [9.17, 15) is 9.59 Å². The van der Waals surface area contributed by atoms with Gasteiger partial charge in [0.05, 0.1) is 24.2 Å². The van der Waals surface area contributed by atoms with Gasteiger partial charge in [0.2, 0.25) is 5.91 Å². The second kappa shape index (κ2) is 6.89. The van der Waals surface area contributed by atoms with Crippen LogP contribution in [0, 0.1) is 0 Å². The van der Waals surface area contributed by atoms with Crippen LogP contribution in [0.25, 0.3) is 0 Å². The predicted octanol–water partition coefficient (Wildman–Crippen LogP) is 2.14. The molecule has 6 nitrogen and oxygen atoms in total. The Morgan fingerprint density at radius 1 is 1.36 bits per heavy atom. The average molecular weight is 302 g/mol. The highest BCUT2D eigenvalue weighted by atomic mass is 16.5. The van der Waals surface area contributed by atoms with Crippen molar-refractivity contribution < 1.29 is 19.2 Å². The van der Waals surface area contributed by atoms with Crippen LogP contribution in [0.3, 0.4) is 0 Å². The number of rotatable bonds is 6. The lowest BCUT2D eigenvalue weighted by Crippen LogP contribution is -2.28. The highest BCUT2D eigenvalue weighted by molar-refractivity contribution is 5.88. The summed E-state index contributed by atoms with van der Waals surface area (Å²) in [4.78, 5) is 24.8. The van der Waals surface area contributed by atoms with Crippen LogP contribution in [0.1, 0.15) is 34.1 Å². The molecule has 0 spiro atoms. The molecule has 0 aliphatic rings. The molecule has 6 heteroatoms. The van der Waals surface area contributed by atoms with Crippen molar-refractivity contribution in [2.24, 2.45) is 0 Å². The summed E-state index contributed by atoms with van der Waals surface area (Å²) >= 11 is 0. The monoisotopic (exact) mass is 302 g/mol. The molecule has 0 aliphatic heterocycles. The van der Waals surface area contributed by atoms with Gasteiger partial charge in [-0.1, -0.05) is 24.2 Å². The van der Waals surface area contributed by atoms with Crippen molar-refractivity contribution in [2.75, 3.05) is 7.05 Å². The molecule has 1 heterocycles. The average Bonchev–Trinajstić information content (AvgIpc) is 2.94. The quantitative estimate of drug-likeness (QED) is 0.883. The molecule has 1 N–H and O–H groups in total. The van der Waals surface area contributed by atoms with Crippen molar-refractivity contribution in [3.05, 3.63) is 52.9 Å².